The van der Waals surface area contributed by atoms with E-state index in [1.54, 1.807) is 11.4 Å². The summed E-state index contributed by atoms with van der Waals surface area (Å²) in [6, 6.07) is 11.3. The van der Waals surface area contributed by atoms with Gasteiger partial charge < -0.3 is 15.7 Å². The van der Waals surface area contributed by atoms with Crippen LogP contribution in [0.1, 0.15) is 12.0 Å². The van der Waals surface area contributed by atoms with Crippen LogP contribution in [0.2, 0.25) is 0 Å². The average Bonchev–Trinajstić information content (AvgIpc) is 3.16. The summed E-state index contributed by atoms with van der Waals surface area (Å²) in [5.41, 5.74) is 0.376. The molecule has 9 heteroatoms. The van der Waals surface area contributed by atoms with Crippen LogP contribution in [0, 0.1) is 0 Å². The standard InChI is InChI=1S/C19H20N4O3S.ClH/c24-15-10-20-8-7-19(15,13-4-2-1-3-5-13)22-16(25)11-23-12-21-14-6-9-27-17(14)18(23)26;/h1-6,9,12,15,20,24H,7-8,10-11H2,(H,22,25);1H/t15-,19-;/m1./s1. The van der Waals surface area contributed by atoms with Crippen molar-refractivity contribution < 1.29 is 9.90 Å². The summed E-state index contributed by atoms with van der Waals surface area (Å²) in [5, 5.41) is 18.7. The van der Waals surface area contributed by atoms with Gasteiger partial charge in [-0.15, -0.1) is 23.7 Å². The number of β-amino-alcohol motifs (C(OH)–C–C–N with tert-alkyl or cyclic N) is 1. The molecule has 1 aromatic carbocycles. The van der Waals surface area contributed by atoms with Crippen LogP contribution in [0.4, 0.5) is 0 Å². The number of benzene rings is 1. The van der Waals surface area contributed by atoms with Crippen molar-refractivity contribution in [3.8, 4) is 0 Å². The lowest BCUT2D eigenvalue weighted by molar-refractivity contribution is -0.126. The number of thiophene rings is 1. The molecule has 7 nitrogen and oxygen atoms in total. The molecule has 3 aromatic rings. The second kappa shape index (κ2) is 8.40. The smallest absolute Gasteiger partial charge is 0.271 e. The quantitative estimate of drug-likeness (QED) is 0.590. The van der Waals surface area contributed by atoms with Crippen LogP contribution >= 0.6 is 23.7 Å². The minimum atomic E-state index is -0.881. The largest absolute Gasteiger partial charge is 0.389 e. The lowest BCUT2D eigenvalue weighted by Gasteiger charge is -2.43. The van der Waals surface area contributed by atoms with Gasteiger partial charge in [0.2, 0.25) is 5.91 Å². The molecule has 1 saturated heterocycles. The van der Waals surface area contributed by atoms with Gasteiger partial charge in [0.05, 0.1) is 23.5 Å². The molecular weight excluding hydrogens is 400 g/mol. The van der Waals surface area contributed by atoms with E-state index < -0.39 is 11.6 Å². The first kappa shape index (κ1) is 20.5. The van der Waals surface area contributed by atoms with E-state index in [1.807, 2.05) is 30.3 Å². The van der Waals surface area contributed by atoms with Crippen molar-refractivity contribution in [2.24, 2.45) is 0 Å². The summed E-state index contributed by atoms with van der Waals surface area (Å²) in [6.07, 6.45) is 1.18. The maximum Gasteiger partial charge on any atom is 0.271 e. The van der Waals surface area contributed by atoms with Gasteiger partial charge >= 0.3 is 0 Å². The Balaban J connectivity index is 0.00000225. The Morgan fingerprint density at radius 2 is 2.14 bits per heavy atom. The topological polar surface area (TPSA) is 96.2 Å². The van der Waals surface area contributed by atoms with Gasteiger partial charge in [-0.25, -0.2) is 4.98 Å². The third-order valence-corrected chi connectivity index (χ3v) is 5.90. The summed E-state index contributed by atoms with van der Waals surface area (Å²) in [5.74, 6) is -0.334. The number of piperidine rings is 1. The highest BCUT2D eigenvalue weighted by Gasteiger charge is 2.42. The van der Waals surface area contributed by atoms with Gasteiger partial charge in [-0.05, 0) is 30.0 Å². The van der Waals surface area contributed by atoms with E-state index in [9.17, 15) is 14.7 Å². The van der Waals surface area contributed by atoms with Crippen molar-refractivity contribution >= 4 is 39.9 Å². The van der Waals surface area contributed by atoms with Gasteiger partial charge in [-0.2, -0.15) is 0 Å². The minimum Gasteiger partial charge on any atom is -0.389 e. The summed E-state index contributed by atoms with van der Waals surface area (Å²) in [6.45, 7) is 0.918. The molecule has 1 aliphatic rings. The Hall–Kier alpha value is -2.26. The number of carbonyl (C=O) groups is 1. The third-order valence-electron chi connectivity index (χ3n) is 5.00. The van der Waals surface area contributed by atoms with Gasteiger partial charge in [0.15, 0.2) is 0 Å². The Morgan fingerprint density at radius 3 is 2.89 bits per heavy atom. The first-order valence-electron chi connectivity index (χ1n) is 8.78. The third kappa shape index (κ3) is 3.68. The van der Waals surface area contributed by atoms with Crippen LogP contribution in [-0.4, -0.2) is 39.8 Å². The molecule has 1 amide bonds. The average molecular weight is 421 g/mol. The molecule has 1 fully saturated rings. The number of fused-ring (bicyclic) bond motifs is 1. The molecule has 2 aromatic heterocycles. The lowest BCUT2D eigenvalue weighted by Crippen LogP contribution is -2.61. The minimum absolute atomic E-state index is 0. The SMILES string of the molecule is Cl.O=C(Cn1cnc2ccsc2c1=O)N[C@@]1(c2ccccc2)CCNC[C@H]1O. The molecule has 3 heterocycles. The highest BCUT2D eigenvalue weighted by atomic mass is 35.5. The van der Waals surface area contributed by atoms with Gasteiger partial charge in [-0.3, -0.25) is 14.2 Å². The van der Waals surface area contributed by atoms with E-state index >= 15 is 0 Å². The van der Waals surface area contributed by atoms with Crippen molar-refractivity contribution in [2.45, 2.75) is 24.6 Å². The fraction of sp³-hybridized carbons (Fsp3) is 0.316. The highest BCUT2D eigenvalue weighted by molar-refractivity contribution is 7.17. The van der Waals surface area contributed by atoms with E-state index in [2.05, 4.69) is 15.6 Å². The molecule has 0 aliphatic carbocycles. The van der Waals surface area contributed by atoms with E-state index in [1.165, 1.54) is 22.2 Å². The number of rotatable bonds is 4. The first-order valence-corrected chi connectivity index (χ1v) is 9.66. The van der Waals surface area contributed by atoms with E-state index in [0.717, 1.165) is 5.56 Å². The van der Waals surface area contributed by atoms with Crippen LogP contribution < -0.4 is 16.2 Å². The maximum atomic E-state index is 12.8. The van der Waals surface area contributed by atoms with Gasteiger partial charge in [0.25, 0.3) is 5.56 Å². The fourth-order valence-corrected chi connectivity index (χ4v) is 4.38. The van der Waals surface area contributed by atoms with E-state index in [-0.39, 0.29) is 30.4 Å². The second-order valence-electron chi connectivity index (χ2n) is 6.67. The Kier molecular flexibility index (Phi) is 6.14. The number of nitrogens with one attached hydrogen (secondary N) is 2. The van der Waals surface area contributed by atoms with Gasteiger partial charge in [-0.1, -0.05) is 30.3 Å². The molecule has 0 unspecified atom stereocenters. The number of nitrogens with zero attached hydrogens (tertiary/aromatic N) is 2. The molecule has 148 valence electrons. The zero-order valence-electron chi connectivity index (χ0n) is 15.0. The number of aliphatic hydroxyl groups is 1. The number of aromatic nitrogens is 2. The van der Waals surface area contributed by atoms with Gasteiger partial charge in [0, 0.05) is 6.54 Å². The summed E-state index contributed by atoms with van der Waals surface area (Å²) in [4.78, 5) is 29.6. The molecule has 3 N–H and O–H groups in total. The molecule has 2 atom stereocenters. The fourth-order valence-electron chi connectivity index (χ4n) is 3.59. The Bertz CT molecular complexity index is 1020. The molecule has 28 heavy (non-hydrogen) atoms. The maximum absolute atomic E-state index is 12.8. The van der Waals surface area contributed by atoms with Gasteiger partial charge in [0.1, 0.15) is 11.2 Å². The predicted octanol–water partition coefficient (Wildman–Crippen LogP) is 1.25. The van der Waals surface area contributed by atoms with Crippen molar-refractivity contribution in [3.63, 3.8) is 0 Å². The summed E-state index contributed by atoms with van der Waals surface area (Å²) >= 11 is 1.31. The van der Waals surface area contributed by atoms with E-state index in [4.69, 9.17) is 0 Å². The molecule has 1 aliphatic heterocycles. The van der Waals surface area contributed by atoms with Crippen LogP contribution in [0.25, 0.3) is 10.2 Å². The number of carbonyl (C=O) groups excluding carboxylic acids is 1. The monoisotopic (exact) mass is 420 g/mol. The predicted molar refractivity (Wildman–Crippen MR) is 111 cm³/mol. The zero-order chi connectivity index (χ0) is 18.9. The summed E-state index contributed by atoms with van der Waals surface area (Å²) in [7, 11) is 0. The molecule has 0 spiro atoms. The van der Waals surface area contributed by atoms with Crippen LogP contribution in [0.5, 0.6) is 0 Å². The van der Waals surface area contributed by atoms with Crippen LogP contribution in [0.15, 0.2) is 52.9 Å². The first-order chi connectivity index (χ1) is 13.1. The molecule has 4 rings (SSSR count). The van der Waals surface area contributed by atoms with Crippen LogP contribution in [-0.2, 0) is 16.9 Å². The Labute approximate surface area is 171 Å². The number of amides is 1. The lowest BCUT2D eigenvalue weighted by atomic mass is 9.79. The van der Waals surface area contributed by atoms with Crippen molar-refractivity contribution in [2.75, 3.05) is 13.1 Å². The van der Waals surface area contributed by atoms with Crippen molar-refractivity contribution in [1.29, 1.82) is 0 Å². The second-order valence-corrected chi connectivity index (χ2v) is 7.58. The van der Waals surface area contributed by atoms with Crippen LogP contribution in [0.3, 0.4) is 0 Å². The number of halogens is 1. The number of hydrogen-bond donors (Lipinski definition) is 3. The Morgan fingerprint density at radius 1 is 1.36 bits per heavy atom. The van der Waals surface area contributed by atoms with E-state index in [0.29, 0.717) is 29.7 Å². The molecule has 0 radical (unpaired) electrons. The molecular formula is C19H21ClN4O3S. The summed E-state index contributed by atoms with van der Waals surface area (Å²) < 4.78 is 1.84. The molecule has 0 saturated carbocycles. The zero-order valence-corrected chi connectivity index (χ0v) is 16.6. The van der Waals surface area contributed by atoms with Crippen molar-refractivity contribution in [1.82, 2.24) is 20.2 Å². The normalized spacial score (nSPS) is 21.8. The highest BCUT2D eigenvalue weighted by Crippen LogP contribution is 2.31. The number of aliphatic hydroxyl groups excluding tert-OH is 1. The molecule has 0 bridgehead atoms. The number of hydrogen-bond acceptors (Lipinski definition) is 6. The van der Waals surface area contributed by atoms with Crippen molar-refractivity contribution in [3.05, 3.63) is 64.0 Å².